The number of hydrogen-bond donors (Lipinski definition) is 0. The molecule has 0 N–H and O–H groups in total. The molecule has 2 bridgehead atoms. The molecule has 1 aromatic carbocycles. The van der Waals surface area contributed by atoms with Crippen molar-refractivity contribution in [3.63, 3.8) is 0 Å². The number of benzene rings is 1. The van der Waals surface area contributed by atoms with Crippen LogP contribution in [0.3, 0.4) is 0 Å². The van der Waals surface area contributed by atoms with Gasteiger partial charge in [0.1, 0.15) is 6.33 Å². The van der Waals surface area contributed by atoms with Gasteiger partial charge in [-0.05, 0) is 30.4 Å². The molecule has 1 aromatic heterocycles. The predicted molar refractivity (Wildman–Crippen MR) is 83.4 cm³/mol. The molecule has 2 aliphatic rings. The Bertz CT molecular complexity index is 636. The van der Waals surface area contributed by atoms with Gasteiger partial charge in [-0.25, -0.2) is 9.97 Å². The van der Waals surface area contributed by atoms with Crippen molar-refractivity contribution in [2.75, 3.05) is 0 Å². The standard InChI is InChI=1S/C18H19N3/c1-2-4-14(5-3-1)12-21-17-6-7-18(21)9-15(8-17)16-10-19-13-20-11-16/h1-5,8,10-11,13,17-18H,6-7,9,12H2. The number of rotatable bonds is 3. The van der Waals surface area contributed by atoms with Crippen molar-refractivity contribution in [3.05, 3.63) is 66.3 Å². The predicted octanol–water partition coefficient (Wildman–Crippen LogP) is 3.30. The van der Waals surface area contributed by atoms with E-state index in [2.05, 4.69) is 51.3 Å². The third kappa shape index (κ3) is 2.49. The van der Waals surface area contributed by atoms with Crippen LogP contribution in [0.2, 0.25) is 0 Å². The lowest BCUT2D eigenvalue weighted by atomic mass is 9.96. The lowest BCUT2D eigenvalue weighted by molar-refractivity contribution is 0.203. The van der Waals surface area contributed by atoms with E-state index in [1.807, 2.05) is 12.4 Å². The van der Waals surface area contributed by atoms with Crippen LogP contribution in [0, 0.1) is 0 Å². The van der Waals surface area contributed by atoms with Gasteiger partial charge in [-0.2, -0.15) is 0 Å². The zero-order chi connectivity index (χ0) is 14.1. The lowest BCUT2D eigenvalue weighted by Crippen LogP contribution is -2.37. The average molecular weight is 277 g/mol. The molecule has 21 heavy (non-hydrogen) atoms. The van der Waals surface area contributed by atoms with Crippen LogP contribution in [0.4, 0.5) is 0 Å². The number of hydrogen-bond acceptors (Lipinski definition) is 3. The van der Waals surface area contributed by atoms with E-state index in [0.717, 1.165) is 13.0 Å². The Morgan fingerprint density at radius 2 is 1.86 bits per heavy atom. The molecule has 0 radical (unpaired) electrons. The largest absolute Gasteiger partial charge is 0.289 e. The zero-order valence-corrected chi connectivity index (χ0v) is 12.0. The van der Waals surface area contributed by atoms with Gasteiger partial charge in [0.05, 0.1) is 0 Å². The van der Waals surface area contributed by atoms with Crippen LogP contribution in [0.25, 0.3) is 5.57 Å². The minimum Gasteiger partial charge on any atom is -0.289 e. The van der Waals surface area contributed by atoms with Crippen LogP contribution >= 0.6 is 0 Å². The second-order valence-corrected chi connectivity index (χ2v) is 5.98. The summed E-state index contributed by atoms with van der Waals surface area (Å²) in [5.74, 6) is 0. The van der Waals surface area contributed by atoms with Gasteiger partial charge >= 0.3 is 0 Å². The summed E-state index contributed by atoms with van der Waals surface area (Å²) in [5, 5.41) is 0. The molecule has 2 aliphatic heterocycles. The average Bonchev–Trinajstić information content (AvgIpc) is 2.78. The Balaban J connectivity index is 1.57. The molecule has 0 aliphatic carbocycles. The summed E-state index contributed by atoms with van der Waals surface area (Å²) in [4.78, 5) is 11.0. The third-order valence-electron chi connectivity index (χ3n) is 4.68. The SMILES string of the molecule is C1=C(c2cncnc2)CC2CCC1N2Cc1ccccc1. The van der Waals surface area contributed by atoms with Crippen molar-refractivity contribution in [2.24, 2.45) is 0 Å². The summed E-state index contributed by atoms with van der Waals surface area (Å²) in [7, 11) is 0. The first kappa shape index (κ1) is 12.7. The molecule has 3 nitrogen and oxygen atoms in total. The molecule has 4 rings (SSSR count). The van der Waals surface area contributed by atoms with Gasteiger partial charge in [-0.3, -0.25) is 4.90 Å². The fourth-order valence-electron chi connectivity index (χ4n) is 3.64. The normalized spacial score (nSPS) is 24.9. The van der Waals surface area contributed by atoms with Crippen molar-refractivity contribution in [3.8, 4) is 0 Å². The fourth-order valence-corrected chi connectivity index (χ4v) is 3.64. The van der Waals surface area contributed by atoms with Crippen molar-refractivity contribution >= 4 is 5.57 Å². The molecular weight excluding hydrogens is 258 g/mol. The van der Waals surface area contributed by atoms with E-state index >= 15 is 0 Å². The third-order valence-corrected chi connectivity index (χ3v) is 4.68. The van der Waals surface area contributed by atoms with Crippen LogP contribution < -0.4 is 0 Å². The van der Waals surface area contributed by atoms with Crippen LogP contribution in [0.1, 0.15) is 30.4 Å². The number of fused-ring (bicyclic) bond motifs is 2. The van der Waals surface area contributed by atoms with E-state index < -0.39 is 0 Å². The first-order valence-corrected chi connectivity index (χ1v) is 7.66. The molecule has 2 aromatic rings. The molecule has 2 unspecified atom stereocenters. The Hall–Kier alpha value is -2.00. The Morgan fingerprint density at radius 3 is 2.62 bits per heavy atom. The van der Waals surface area contributed by atoms with E-state index in [9.17, 15) is 0 Å². The summed E-state index contributed by atoms with van der Waals surface area (Å²) < 4.78 is 0. The van der Waals surface area contributed by atoms with E-state index in [0.29, 0.717) is 12.1 Å². The van der Waals surface area contributed by atoms with Gasteiger partial charge in [0.25, 0.3) is 0 Å². The van der Waals surface area contributed by atoms with Crippen LogP contribution in [0.15, 0.2) is 55.1 Å². The topological polar surface area (TPSA) is 29.0 Å². The first-order valence-electron chi connectivity index (χ1n) is 7.66. The molecule has 1 fully saturated rings. The highest BCUT2D eigenvalue weighted by atomic mass is 15.2. The highest BCUT2D eigenvalue weighted by molar-refractivity contribution is 5.66. The molecule has 0 saturated carbocycles. The first-order chi connectivity index (χ1) is 10.4. The zero-order valence-electron chi connectivity index (χ0n) is 12.0. The molecule has 3 heterocycles. The molecule has 0 amide bonds. The highest BCUT2D eigenvalue weighted by Crippen LogP contribution is 2.38. The van der Waals surface area contributed by atoms with Crippen LogP contribution in [0.5, 0.6) is 0 Å². The van der Waals surface area contributed by atoms with E-state index in [1.54, 1.807) is 6.33 Å². The minimum atomic E-state index is 0.569. The summed E-state index contributed by atoms with van der Waals surface area (Å²) in [6.07, 6.45) is 11.6. The van der Waals surface area contributed by atoms with Crippen molar-refractivity contribution < 1.29 is 0 Å². The van der Waals surface area contributed by atoms with Gasteiger partial charge in [-0.1, -0.05) is 36.4 Å². The number of nitrogens with zero attached hydrogens (tertiary/aromatic N) is 3. The smallest absolute Gasteiger partial charge is 0.115 e. The molecular formula is C18H19N3. The number of aromatic nitrogens is 2. The Kier molecular flexibility index (Phi) is 3.28. The Morgan fingerprint density at radius 1 is 1.05 bits per heavy atom. The molecule has 106 valence electrons. The quantitative estimate of drug-likeness (QED) is 0.862. The maximum Gasteiger partial charge on any atom is 0.115 e. The summed E-state index contributed by atoms with van der Waals surface area (Å²) in [5.41, 5.74) is 4.02. The summed E-state index contributed by atoms with van der Waals surface area (Å²) in [6, 6.07) is 12.0. The fraction of sp³-hybridized carbons (Fsp3) is 0.333. The molecule has 0 spiro atoms. The lowest BCUT2D eigenvalue weighted by Gasteiger charge is -2.34. The van der Waals surface area contributed by atoms with Gasteiger partial charge in [0.15, 0.2) is 0 Å². The maximum atomic E-state index is 4.15. The van der Waals surface area contributed by atoms with Crippen LogP contribution in [-0.4, -0.2) is 27.0 Å². The van der Waals surface area contributed by atoms with Crippen molar-refractivity contribution in [1.82, 2.24) is 14.9 Å². The van der Waals surface area contributed by atoms with Gasteiger partial charge in [-0.15, -0.1) is 0 Å². The van der Waals surface area contributed by atoms with Crippen LogP contribution in [-0.2, 0) is 6.54 Å². The monoisotopic (exact) mass is 277 g/mol. The van der Waals surface area contributed by atoms with Crippen molar-refractivity contribution in [2.45, 2.75) is 37.9 Å². The minimum absolute atomic E-state index is 0.569. The molecule has 1 saturated heterocycles. The molecule has 3 heteroatoms. The van der Waals surface area contributed by atoms with Gasteiger partial charge in [0, 0.05) is 36.6 Å². The van der Waals surface area contributed by atoms with E-state index in [4.69, 9.17) is 0 Å². The summed E-state index contributed by atoms with van der Waals surface area (Å²) >= 11 is 0. The van der Waals surface area contributed by atoms with E-state index in [1.165, 1.54) is 29.5 Å². The van der Waals surface area contributed by atoms with Gasteiger partial charge in [0.2, 0.25) is 0 Å². The highest BCUT2D eigenvalue weighted by Gasteiger charge is 2.36. The van der Waals surface area contributed by atoms with E-state index in [-0.39, 0.29) is 0 Å². The molecule has 2 atom stereocenters. The summed E-state index contributed by atoms with van der Waals surface area (Å²) in [6.45, 7) is 1.06. The van der Waals surface area contributed by atoms with Crippen molar-refractivity contribution in [1.29, 1.82) is 0 Å². The maximum absolute atomic E-state index is 4.15. The van der Waals surface area contributed by atoms with Gasteiger partial charge < -0.3 is 0 Å². The second-order valence-electron chi connectivity index (χ2n) is 5.98. The second kappa shape index (κ2) is 5.41. The Labute approximate surface area is 125 Å².